The van der Waals surface area contributed by atoms with E-state index in [9.17, 15) is 9.59 Å². The van der Waals surface area contributed by atoms with E-state index in [4.69, 9.17) is 0 Å². The molecule has 136 valence electrons. The van der Waals surface area contributed by atoms with Crippen LogP contribution in [-0.2, 0) is 16.0 Å². The Balaban J connectivity index is 1.49. The molecule has 0 spiro atoms. The fourth-order valence-electron chi connectivity index (χ4n) is 3.45. The van der Waals surface area contributed by atoms with Gasteiger partial charge in [0.25, 0.3) is 0 Å². The second-order valence-electron chi connectivity index (χ2n) is 6.76. The first-order valence-corrected chi connectivity index (χ1v) is 10.2. The molecular formula is C19H27N3O2S. The van der Waals surface area contributed by atoms with Crippen molar-refractivity contribution in [2.24, 2.45) is 0 Å². The van der Waals surface area contributed by atoms with Crippen LogP contribution in [0.3, 0.4) is 0 Å². The molecule has 2 aliphatic rings. The van der Waals surface area contributed by atoms with Gasteiger partial charge in [-0.25, -0.2) is 0 Å². The van der Waals surface area contributed by atoms with Crippen molar-refractivity contribution in [2.45, 2.75) is 32.2 Å². The maximum Gasteiger partial charge on any atom is 0.240 e. The van der Waals surface area contributed by atoms with Gasteiger partial charge >= 0.3 is 0 Å². The first-order chi connectivity index (χ1) is 12.1. The van der Waals surface area contributed by atoms with E-state index in [0.29, 0.717) is 19.5 Å². The quantitative estimate of drug-likeness (QED) is 0.886. The molecule has 0 radical (unpaired) electrons. The standard InChI is InChI=1S/C19H27N3O2S/c1-15-5-2-3-6-16(15)7-8-18(23)21-9-4-10-22(12-11-21)19(24)17-13-25-14-20-17/h2-3,5-6,17,20H,4,7-14H2,1H3. The largest absolute Gasteiger partial charge is 0.341 e. The van der Waals surface area contributed by atoms with Crippen LogP contribution in [0, 0.1) is 6.92 Å². The van der Waals surface area contributed by atoms with Crippen molar-refractivity contribution in [3.63, 3.8) is 0 Å². The molecule has 2 heterocycles. The SMILES string of the molecule is Cc1ccccc1CCC(=O)N1CCCN(C(=O)C2CSCN2)CC1. The van der Waals surface area contributed by atoms with E-state index in [0.717, 1.165) is 37.6 Å². The average molecular weight is 362 g/mol. The van der Waals surface area contributed by atoms with Crippen LogP contribution in [0.5, 0.6) is 0 Å². The Kier molecular flexibility index (Phi) is 6.37. The van der Waals surface area contributed by atoms with E-state index >= 15 is 0 Å². The highest BCUT2D eigenvalue weighted by Crippen LogP contribution is 2.15. The minimum absolute atomic E-state index is 0.0479. The van der Waals surface area contributed by atoms with Crippen molar-refractivity contribution in [1.29, 1.82) is 0 Å². The lowest BCUT2D eigenvalue weighted by Crippen LogP contribution is -2.46. The number of nitrogens with one attached hydrogen (secondary N) is 1. The predicted octanol–water partition coefficient (Wildman–Crippen LogP) is 1.65. The summed E-state index contributed by atoms with van der Waals surface area (Å²) < 4.78 is 0. The van der Waals surface area contributed by atoms with E-state index in [-0.39, 0.29) is 17.9 Å². The van der Waals surface area contributed by atoms with E-state index in [1.165, 1.54) is 11.1 Å². The summed E-state index contributed by atoms with van der Waals surface area (Å²) in [5, 5.41) is 3.24. The number of amides is 2. The van der Waals surface area contributed by atoms with Crippen LogP contribution in [0.25, 0.3) is 0 Å². The number of hydrogen-bond acceptors (Lipinski definition) is 4. The van der Waals surface area contributed by atoms with Gasteiger partial charge in [0.2, 0.25) is 11.8 Å². The summed E-state index contributed by atoms with van der Waals surface area (Å²) in [6.07, 6.45) is 2.19. The number of aryl methyl sites for hydroxylation is 2. The van der Waals surface area contributed by atoms with Crippen LogP contribution < -0.4 is 5.32 Å². The topological polar surface area (TPSA) is 52.7 Å². The molecule has 3 rings (SSSR count). The molecule has 1 atom stereocenters. The van der Waals surface area contributed by atoms with Gasteiger partial charge in [0.05, 0.1) is 6.04 Å². The van der Waals surface area contributed by atoms with Crippen molar-refractivity contribution in [2.75, 3.05) is 37.8 Å². The highest BCUT2D eigenvalue weighted by Gasteiger charge is 2.29. The van der Waals surface area contributed by atoms with Gasteiger partial charge in [0.15, 0.2) is 0 Å². The van der Waals surface area contributed by atoms with Crippen LogP contribution in [0.15, 0.2) is 24.3 Å². The molecule has 2 fully saturated rings. The molecule has 2 amide bonds. The summed E-state index contributed by atoms with van der Waals surface area (Å²) in [6.45, 7) is 4.90. The van der Waals surface area contributed by atoms with Gasteiger partial charge in [-0.15, -0.1) is 11.8 Å². The Bertz CT molecular complexity index is 616. The van der Waals surface area contributed by atoms with Crippen LogP contribution in [0.1, 0.15) is 24.0 Å². The van der Waals surface area contributed by atoms with E-state index in [1.54, 1.807) is 11.8 Å². The molecular weight excluding hydrogens is 334 g/mol. The van der Waals surface area contributed by atoms with Gasteiger partial charge in [0.1, 0.15) is 0 Å². The Morgan fingerprint density at radius 2 is 1.92 bits per heavy atom. The Hall–Kier alpha value is -1.53. The van der Waals surface area contributed by atoms with Crippen molar-refractivity contribution < 1.29 is 9.59 Å². The molecule has 1 aromatic rings. The molecule has 0 saturated carbocycles. The first-order valence-electron chi connectivity index (χ1n) is 9.07. The molecule has 2 aliphatic heterocycles. The zero-order valence-corrected chi connectivity index (χ0v) is 15.7. The van der Waals surface area contributed by atoms with Gasteiger partial charge in [-0.05, 0) is 30.9 Å². The second kappa shape index (κ2) is 8.72. The van der Waals surface area contributed by atoms with Crippen LogP contribution in [0.2, 0.25) is 0 Å². The summed E-state index contributed by atoms with van der Waals surface area (Å²) in [4.78, 5) is 29.0. The lowest BCUT2D eigenvalue weighted by molar-refractivity contribution is -0.134. The van der Waals surface area contributed by atoms with Crippen LogP contribution in [-0.4, -0.2) is 65.5 Å². The molecule has 1 aromatic carbocycles. The number of nitrogens with zero attached hydrogens (tertiary/aromatic N) is 2. The lowest BCUT2D eigenvalue weighted by Gasteiger charge is -2.24. The van der Waals surface area contributed by atoms with E-state index in [2.05, 4.69) is 24.4 Å². The minimum atomic E-state index is -0.0479. The van der Waals surface area contributed by atoms with Gasteiger partial charge in [0, 0.05) is 44.2 Å². The summed E-state index contributed by atoms with van der Waals surface area (Å²) in [5.41, 5.74) is 2.48. The summed E-state index contributed by atoms with van der Waals surface area (Å²) in [5.74, 6) is 2.11. The van der Waals surface area contributed by atoms with Crippen molar-refractivity contribution in [3.8, 4) is 0 Å². The summed E-state index contributed by atoms with van der Waals surface area (Å²) >= 11 is 1.77. The first kappa shape index (κ1) is 18.3. The van der Waals surface area contributed by atoms with Crippen molar-refractivity contribution in [3.05, 3.63) is 35.4 Å². The molecule has 0 aliphatic carbocycles. The fourth-order valence-corrected chi connectivity index (χ4v) is 4.38. The Morgan fingerprint density at radius 1 is 1.16 bits per heavy atom. The molecule has 1 N–H and O–H groups in total. The van der Waals surface area contributed by atoms with Gasteiger partial charge < -0.3 is 9.80 Å². The van der Waals surface area contributed by atoms with Gasteiger partial charge in [-0.2, -0.15) is 0 Å². The molecule has 1 unspecified atom stereocenters. The number of carbonyl (C=O) groups is 2. The third kappa shape index (κ3) is 4.76. The Labute approximate surface area is 154 Å². The van der Waals surface area contributed by atoms with E-state index < -0.39 is 0 Å². The fraction of sp³-hybridized carbons (Fsp3) is 0.579. The summed E-state index contributed by atoms with van der Waals surface area (Å²) in [7, 11) is 0. The van der Waals surface area contributed by atoms with Crippen molar-refractivity contribution in [1.82, 2.24) is 15.1 Å². The van der Waals surface area contributed by atoms with E-state index in [1.807, 2.05) is 21.9 Å². The number of thioether (sulfide) groups is 1. The minimum Gasteiger partial charge on any atom is -0.341 e. The Morgan fingerprint density at radius 3 is 2.68 bits per heavy atom. The molecule has 25 heavy (non-hydrogen) atoms. The number of rotatable bonds is 4. The molecule has 0 bridgehead atoms. The maximum atomic E-state index is 12.6. The number of carbonyl (C=O) groups excluding carboxylic acids is 2. The smallest absolute Gasteiger partial charge is 0.240 e. The van der Waals surface area contributed by atoms with Gasteiger partial charge in [-0.1, -0.05) is 24.3 Å². The normalized spacial score (nSPS) is 21.2. The number of hydrogen-bond donors (Lipinski definition) is 1. The maximum absolute atomic E-state index is 12.6. The van der Waals surface area contributed by atoms with Crippen LogP contribution in [0.4, 0.5) is 0 Å². The van der Waals surface area contributed by atoms with Crippen molar-refractivity contribution >= 4 is 23.6 Å². The molecule has 2 saturated heterocycles. The summed E-state index contributed by atoms with van der Waals surface area (Å²) in [6, 6.07) is 8.19. The molecule has 5 nitrogen and oxygen atoms in total. The lowest BCUT2D eigenvalue weighted by atomic mass is 10.0. The zero-order valence-electron chi connectivity index (χ0n) is 14.9. The monoisotopic (exact) mass is 361 g/mol. The van der Waals surface area contributed by atoms with Gasteiger partial charge in [-0.3, -0.25) is 14.9 Å². The highest BCUT2D eigenvalue weighted by atomic mass is 32.2. The molecule has 0 aromatic heterocycles. The number of benzene rings is 1. The van der Waals surface area contributed by atoms with Crippen LogP contribution >= 0.6 is 11.8 Å². The zero-order chi connectivity index (χ0) is 17.6. The second-order valence-corrected chi connectivity index (χ2v) is 7.79. The predicted molar refractivity (Wildman–Crippen MR) is 102 cm³/mol. The molecule has 6 heteroatoms. The third-order valence-electron chi connectivity index (χ3n) is 5.04. The average Bonchev–Trinajstić information content (AvgIpc) is 3.04. The highest BCUT2D eigenvalue weighted by molar-refractivity contribution is 7.99. The third-order valence-corrected chi connectivity index (χ3v) is 5.98.